The number of carbonyl (C=O) groups is 2. The molecule has 5 heterocycles. The van der Waals surface area contributed by atoms with Crippen LogP contribution in [0.3, 0.4) is 0 Å². The molecule has 0 spiro atoms. The molecule has 2 amide bonds. The fraction of sp³-hybridized carbons (Fsp3) is 0.444. The van der Waals surface area contributed by atoms with Crippen LogP contribution in [0.2, 0.25) is 5.02 Å². The number of anilines is 3. The molecular formula is C27H33ClN8O3. The van der Waals surface area contributed by atoms with Crippen LogP contribution in [0, 0.1) is 0 Å². The van der Waals surface area contributed by atoms with Gasteiger partial charge in [0, 0.05) is 31.9 Å². The average Bonchev–Trinajstić information content (AvgIpc) is 3.35. The summed E-state index contributed by atoms with van der Waals surface area (Å²) in [5.74, 6) is 0.843. The Kier molecular flexibility index (Phi) is 7.60. The van der Waals surface area contributed by atoms with Gasteiger partial charge in [-0.2, -0.15) is 10.1 Å². The highest BCUT2D eigenvalue weighted by atomic mass is 35.5. The Balaban J connectivity index is 1.16. The molecule has 3 fully saturated rings. The Morgan fingerprint density at radius 1 is 1.08 bits per heavy atom. The number of hydrogen-bond acceptors (Lipinski definition) is 8. The van der Waals surface area contributed by atoms with Crippen LogP contribution in [0.15, 0.2) is 48.9 Å². The number of ether oxygens (including phenoxy) is 1. The predicted octanol–water partition coefficient (Wildman–Crippen LogP) is 4.29. The second-order valence-corrected chi connectivity index (χ2v) is 11.3. The van der Waals surface area contributed by atoms with Crippen molar-refractivity contribution in [3.05, 3.63) is 59.5 Å². The van der Waals surface area contributed by atoms with E-state index in [1.54, 1.807) is 22.0 Å². The zero-order chi connectivity index (χ0) is 27.6. The van der Waals surface area contributed by atoms with Gasteiger partial charge in [-0.25, -0.2) is 9.78 Å². The quantitative estimate of drug-likeness (QED) is 0.446. The smallest absolute Gasteiger partial charge is 0.410 e. The number of rotatable bonds is 7. The van der Waals surface area contributed by atoms with Gasteiger partial charge in [-0.3, -0.25) is 9.48 Å². The first-order chi connectivity index (χ1) is 18.6. The number of aromatic nitrogens is 4. The fourth-order valence-corrected chi connectivity index (χ4v) is 5.04. The van der Waals surface area contributed by atoms with Gasteiger partial charge in [0.25, 0.3) is 0 Å². The molecule has 3 saturated heterocycles. The number of nitrogens with zero attached hydrogens (tertiary/aromatic N) is 6. The molecule has 3 aromatic rings. The molecule has 11 nitrogen and oxygen atoms in total. The monoisotopic (exact) mass is 552 g/mol. The number of fused-ring (bicyclic) bond motifs is 3. The van der Waals surface area contributed by atoms with Gasteiger partial charge in [-0.05, 0) is 39.2 Å². The van der Waals surface area contributed by atoms with E-state index in [9.17, 15) is 9.59 Å². The van der Waals surface area contributed by atoms with E-state index < -0.39 is 5.60 Å². The van der Waals surface area contributed by atoms with Crippen LogP contribution in [0.25, 0.3) is 0 Å². The van der Waals surface area contributed by atoms with Gasteiger partial charge in [0.15, 0.2) is 5.82 Å². The van der Waals surface area contributed by atoms with Crippen molar-refractivity contribution in [1.29, 1.82) is 0 Å². The summed E-state index contributed by atoms with van der Waals surface area (Å²) in [5, 5.41) is 11.1. The Morgan fingerprint density at radius 2 is 1.79 bits per heavy atom. The van der Waals surface area contributed by atoms with E-state index in [1.807, 2.05) is 56.0 Å². The molecule has 2 aromatic heterocycles. The average molecular weight is 553 g/mol. The zero-order valence-electron chi connectivity index (χ0n) is 22.3. The number of carbonyl (C=O) groups excluding carboxylic acids is 2. The topological polar surface area (TPSA) is 118 Å². The lowest BCUT2D eigenvalue weighted by atomic mass is 9.91. The summed E-state index contributed by atoms with van der Waals surface area (Å²) >= 11 is 6.28. The number of piperazine rings is 1. The lowest BCUT2D eigenvalue weighted by Gasteiger charge is -2.51. The van der Waals surface area contributed by atoms with Crippen molar-refractivity contribution in [2.45, 2.75) is 64.4 Å². The van der Waals surface area contributed by atoms with Crippen LogP contribution in [0.4, 0.5) is 22.2 Å². The van der Waals surface area contributed by atoms with Crippen LogP contribution >= 0.6 is 11.6 Å². The van der Waals surface area contributed by atoms with Crippen LogP contribution in [0.1, 0.15) is 39.2 Å². The molecule has 6 rings (SSSR count). The number of piperidine rings is 2. The Labute approximate surface area is 232 Å². The van der Waals surface area contributed by atoms with E-state index in [0.29, 0.717) is 42.1 Å². The van der Waals surface area contributed by atoms with Gasteiger partial charge >= 0.3 is 6.09 Å². The number of hydrogen-bond donors (Lipinski definition) is 2. The van der Waals surface area contributed by atoms with Gasteiger partial charge in [0.1, 0.15) is 17.2 Å². The van der Waals surface area contributed by atoms with Gasteiger partial charge < -0.3 is 25.2 Å². The summed E-state index contributed by atoms with van der Waals surface area (Å²) < 4.78 is 7.15. The summed E-state index contributed by atoms with van der Waals surface area (Å²) in [5.41, 5.74) is 1.20. The molecule has 206 valence electrons. The van der Waals surface area contributed by atoms with Gasteiger partial charge in [-0.15, -0.1) is 0 Å². The summed E-state index contributed by atoms with van der Waals surface area (Å²) in [4.78, 5) is 38.2. The third kappa shape index (κ3) is 6.59. The standard InChI is InChI=1S/C27H33ClN8O3/c1-27(2,3)39-26(38)36-16-20-9-10-21(36)15-35(20)23(37)17-34-14-19(12-31-34)32-25-30-13-22(28)24(33-25)29-11-18-7-5-4-6-8-18/h4-8,12-14,20-21H,9-11,15-17H2,1-3H3,(H2,29,30,32,33). The van der Waals surface area contributed by atoms with E-state index in [-0.39, 0.29) is 30.6 Å². The third-order valence-corrected chi connectivity index (χ3v) is 6.99. The number of benzene rings is 1. The molecule has 39 heavy (non-hydrogen) atoms. The first-order valence-corrected chi connectivity index (χ1v) is 13.4. The lowest BCUT2D eigenvalue weighted by Crippen LogP contribution is -2.65. The van der Waals surface area contributed by atoms with E-state index in [1.165, 1.54) is 6.20 Å². The molecule has 2 unspecified atom stereocenters. The van der Waals surface area contributed by atoms with Crippen molar-refractivity contribution in [3.63, 3.8) is 0 Å². The minimum Gasteiger partial charge on any atom is -0.444 e. The maximum absolute atomic E-state index is 13.2. The highest BCUT2D eigenvalue weighted by Crippen LogP contribution is 2.30. The second kappa shape index (κ2) is 11.1. The van der Waals surface area contributed by atoms with Crippen LogP contribution < -0.4 is 10.6 Å². The zero-order valence-corrected chi connectivity index (χ0v) is 23.1. The van der Waals surface area contributed by atoms with Crippen LogP contribution in [0.5, 0.6) is 0 Å². The molecule has 3 aliphatic heterocycles. The van der Waals surface area contributed by atoms with Crippen molar-refractivity contribution in [2.75, 3.05) is 23.7 Å². The van der Waals surface area contributed by atoms with Crippen LogP contribution in [-0.4, -0.2) is 72.3 Å². The molecular weight excluding hydrogens is 520 g/mol. The molecule has 3 aliphatic rings. The molecule has 0 saturated carbocycles. The minimum atomic E-state index is -0.549. The predicted molar refractivity (Wildman–Crippen MR) is 148 cm³/mol. The van der Waals surface area contributed by atoms with Crippen LogP contribution in [-0.2, 0) is 22.6 Å². The molecule has 0 radical (unpaired) electrons. The Morgan fingerprint density at radius 3 is 2.49 bits per heavy atom. The first-order valence-electron chi connectivity index (χ1n) is 13.0. The summed E-state index contributed by atoms with van der Waals surface area (Å²) in [6.45, 7) is 7.25. The highest BCUT2D eigenvalue weighted by Gasteiger charge is 2.44. The maximum Gasteiger partial charge on any atom is 0.410 e. The van der Waals surface area contributed by atoms with Crippen molar-refractivity contribution >= 4 is 41.1 Å². The fourth-order valence-electron chi connectivity index (χ4n) is 4.88. The molecule has 0 aliphatic carbocycles. The van der Waals surface area contributed by atoms with Gasteiger partial charge in [-0.1, -0.05) is 41.9 Å². The van der Waals surface area contributed by atoms with Gasteiger partial charge in [0.2, 0.25) is 11.9 Å². The maximum atomic E-state index is 13.2. The third-order valence-electron chi connectivity index (χ3n) is 6.71. The molecule has 12 heteroatoms. The Bertz CT molecular complexity index is 1330. The van der Waals surface area contributed by atoms with E-state index in [0.717, 1.165) is 18.4 Å². The largest absolute Gasteiger partial charge is 0.444 e. The van der Waals surface area contributed by atoms with Gasteiger partial charge in [0.05, 0.1) is 24.1 Å². The highest BCUT2D eigenvalue weighted by molar-refractivity contribution is 6.32. The van der Waals surface area contributed by atoms with E-state index in [4.69, 9.17) is 16.3 Å². The molecule has 2 bridgehead atoms. The lowest BCUT2D eigenvalue weighted by molar-refractivity contribution is -0.142. The molecule has 1 aromatic carbocycles. The summed E-state index contributed by atoms with van der Waals surface area (Å²) in [7, 11) is 0. The SMILES string of the molecule is CC(C)(C)OC(=O)N1CC2CCC1CN2C(=O)Cn1cc(Nc2ncc(Cl)c(NCc3ccccc3)n2)cn1. The normalized spacial score (nSPS) is 18.7. The summed E-state index contributed by atoms with van der Waals surface area (Å²) in [6.07, 6.45) is 6.32. The molecule has 2 N–H and O–H groups in total. The number of amides is 2. The van der Waals surface area contributed by atoms with Crippen molar-refractivity contribution in [3.8, 4) is 0 Å². The van der Waals surface area contributed by atoms with Crippen molar-refractivity contribution in [1.82, 2.24) is 29.5 Å². The first kappa shape index (κ1) is 26.7. The van der Waals surface area contributed by atoms with E-state index >= 15 is 0 Å². The second-order valence-electron chi connectivity index (χ2n) is 10.8. The number of halogens is 1. The summed E-state index contributed by atoms with van der Waals surface area (Å²) in [6, 6.07) is 9.90. The Hall–Kier alpha value is -3.86. The number of nitrogens with one attached hydrogen (secondary N) is 2. The van der Waals surface area contributed by atoms with Crippen molar-refractivity contribution < 1.29 is 14.3 Å². The minimum absolute atomic E-state index is 0.0209. The van der Waals surface area contributed by atoms with E-state index in [2.05, 4.69) is 25.7 Å². The van der Waals surface area contributed by atoms with Crippen molar-refractivity contribution in [2.24, 2.45) is 0 Å². The molecule has 2 atom stereocenters.